The molecule has 13 heavy (non-hydrogen) atoms. The molecule has 1 aromatic heterocycles. The summed E-state index contributed by atoms with van der Waals surface area (Å²) in [5.41, 5.74) is 0.941. The minimum absolute atomic E-state index is 0.200. The Bertz CT molecular complexity index is 293. The van der Waals surface area contributed by atoms with Crippen LogP contribution in [0.4, 0.5) is 8.78 Å². The number of aromatic nitrogens is 1. The van der Waals surface area contributed by atoms with E-state index in [-0.39, 0.29) is 5.88 Å². The van der Waals surface area contributed by atoms with Gasteiger partial charge in [0.1, 0.15) is 0 Å². The van der Waals surface area contributed by atoms with Gasteiger partial charge in [-0.05, 0) is 34.5 Å². The third-order valence-corrected chi connectivity index (χ3v) is 1.86. The molecule has 1 heterocycles. The van der Waals surface area contributed by atoms with Gasteiger partial charge in [0.25, 0.3) is 6.43 Å². The molecule has 2 nitrogen and oxygen atoms in total. The molecular weight excluding hydrogens is 244 g/mol. The van der Waals surface area contributed by atoms with Gasteiger partial charge >= 0.3 is 0 Å². The fraction of sp³-hybridized carbons (Fsp3) is 0.375. The normalized spacial score (nSPS) is 10.5. The van der Waals surface area contributed by atoms with Gasteiger partial charge in [-0.25, -0.2) is 13.8 Å². The van der Waals surface area contributed by atoms with E-state index < -0.39 is 13.0 Å². The molecule has 0 bridgehead atoms. The van der Waals surface area contributed by atoms with Gasteiger partial charge in [0.05, 0.1) is 4.47 Å². The number of aryl methyl sites for hydroxylation is 1. The number of ether oxygens (including phenoxy) is 1. The van der Waals surface area contributed by atoms with Crippen molar-refractivity contribution >= 4 is 15.9 Å². The van der Waals surface area contributed by atoms with Crippen molar-refractivity contribution in [2.75, 3.05) is 6.61 Å². The lowest BCUT2D eigenvalue weighted by Gasteiger charge is -2.06. The molecule has 0 atom stereocenters. The van der Waals surface area contributed by atoms with Crippen LogP contribution in [0.1, 0.15) is 5.56 Å². The zero-order valence-electron chi connectivity index (χ0n) is 6.93. The Balaban J connectivity index is 2.67. The SMILES string of the molecule is Cc1cnc(OCC(F)F)c(Br)c1. The van der Waals surface area contributed by atoms with E-state index >= 15 is 0 Å². The summed E-state index contributed by atoms with van der Waals surface area (Å²) in [5.74, 6) is 0.200. The summed E-state index contributed by atoms with van der Waals surface area (Å²) in [5, 5.41) is 0. The molecule has 0 radical (unpaired) electrons. The molecular formula is C8H8BrF2NO. The van der Waals surface area contributed by atoms with E-state index in [1.807, 2.05) is 6.92 Å². The van der Waals surface area contributed by atoms with Gasteiger partial charge in [0, 0.05) is 6.20 Å². The number of hydrogen-bond donors (Lipinski definition) is 0. The maximum atomic E-state index is 11.8. The molecule has 1 rings (SSSR count). The highest BCUT2D eigenvalue weighted by atomic mass is 79.9. The van der Waals surface area contributed by atoms with Crippen molar-refractivity contribution in [1.29, 1.82) is 0 Å². The average molecular weight is 252 g/mol. The summed E-state index contributed by atoms with van der Waals surface area (Å²) in [6, 6.07) is 1.76. The van der Waals surface area contributed by atoms with Crippen molar-refractivity contribution in [3.8, 4) is 5.88 Å². The molecule has 0 amide bonds. The quantitative estimate of drug-likeness (QED) is 0.825. The number of pyridine rings is 1. The number of nitrogens with zero attached hydrogens (tertiary/aromatic N) is 1. The van der Waals surface area contributed by atoms with Crippen LogP contribution >= 0.6 is 15.9 Å². The van der Waals surface area contributed by atoms with E-state index in [0.29, 0.717) is 4.47 Å². The molecule has 0 N–H and O–H groups in total. The molecule has 0 aromatic carbocycles. The summed E-state index contributed by atoms with van der Waals surface area (Å²) in [4.78, 5) is 3.85. The van der Waals surface area contributed by atoms with Gasteiger partial charge in [-0.15, -0.1) is 0 Å². The minimum Gasteiger partial charge on any atom is -0.471 e. The van der Waals surface area contributed by atoms with E-state index in [4.69, 9.17) is 4.74 Å². The van der Waals surface area contributed by atoms with Crippen LogP contribution in [-0.4, -0.2) is 18.0 Å². The maximum absolute atomic E-state index is 11.8. The number of hydrogen-bond acceptors (Lipinski definition) is 2. The van der Waals surface area contributed by atoms with Crippen molar-refractivity contribution in [3.05, 3.63) is 22.3 Å². The fourth-order valence-electron chi connectivity index (χ4n) is 0.769. The first-order chi connectivity index (χ1) is 6.09. The van der Waals surface area contributed by atoms with Gasteiger partial charge in [-0.1, -0.05) is 0 Å². The van der Waals surface area contributed by atoms with Crippen molar-refractivity contribution in [3.63, 3.8) is 0 Å². The van der Waals surface area contributed by atoms with E-state index in [0.717, 1.165) is 5.56 Å². The van der Waals surface area contributed by atoms with Crippen molar-refractivity contribution in [2.45, 2.75) is 13.3 Å². The van der Waals surface area contributed by atoms with E-state index in [1.165, 1.54) is 0 Å². The van der Waals surface area contributed by atoms with Crippen molar-refractivity contribution in [2.24, 2.45) is 0 Å². The van der Waals surface area contributed by atoms with Crippen LogP contribution in [0, 0.1) is 6.92 Å². The monoisotopic (exact) mass is 251 g/mol. The number of rotatable bonds is 3. The van der Waals surface area contributed by atoms with Crippen LogP contribution in [-0.2, 0) is 0 Å². The average Bonchev–Trinajstić information content (AvgIpc) is 2.02. The molecule has 0 unspecified atom stereocenters. The van der Waals surface area contributed by atoms with Crippen molar-refractivity contribution in [1.82, 2.24) is 4.98 Å². The third kappa shape index (κ3) is 3.26. The lowest BCUT2D eigenvalue weighted by atomic mass is 10.3. The highest BCUT2D eigenvalue weighted by Gasteiger charge is 2.07. The Morgan fingerprint density at radius 1 is 1.62 bits per heavy atom. The second-order valence-electron chi connectivity index (χ2n) is 2.50. The molecule has 0 saturated heterocycles. The maximum Gasteiger partial charge on any atom is 0.272 e. The number of alkyl halides is 2. The van der Waals surface area contributed by atoms with Gasteiger partial charge in [0.15, 0.2) is 6.61 Å². The Kier molecular flexibility index (Phi) is 3.59. The van der Waals surface area contributed by atoms with Crippen LogP contribution < -0.4 is 4.74 Å². The second-order valence-corrected chi connectivity index (χ2v) is 3.36. The topological polar surface area (TPSA) is 22.1 Å². The van der Waals surface area contributed by atoms with Gasteiger partial charge in [0.2, 0.25) is 5.88 Å². The predicted molar refractivity (Wildman–Crippen MR) is 48.2 cm³/mol. The highest BCUT2D eigenvalue weighted by molar-refractivity contribution is 9.10. The first-order valence-electron chi connectivity index (χ1n) is 3.62. The van der Waals surface area contributed by atoms with Crippen LogP contribution in [0.2, 0.25) is 0 Å². The van der Waals surface area contributed by atoms with Crippen LogP contribution in [0.3, 0.4) is 0 Å². The van der Waals surface area contributed by atoms with Gasteiger partial charge in [-0.2, -0.15) is 0 Å². The minimum atomic E-state index is -2.48. The summed E-state index contributed by atoms with van der Waals surface area (Å²) in [7, 11) is 0. The van der Waals surface area contributed by atoms with E-state index in [1.54, 1.807) is 12.3 Å². The summed E-state index contributed by atoms with van der Waals surface area (Å²) in [6.07, 6.45) is -0.916. The van der Waals surface area contributed by atoms with E-state index in [2.05, 4.69) is 20.9 Å². The molecule has 72 valence electrons. The lowest BCUT2D eigenvalue weighted by Crippen LogP contribution is -2.08. The van der Waals surface area contributed by atoms with Crippen LogP contribution in [0.25, 0.3) is 0 Å². The van der Waals surface area contributed by atoms with Gasteiger partial charge < -0.3 is 4.74 Å². The fourth-order valence-corrected chi connectivity index (χ4v) is 1.35. The molecule has 0 saturated carbocycles. The Hall–Kier alpha value is -0.710. The summed E-state index contributed by atoms with van der Waals surface area (Å²) in [6.45, 7) is 1.23. The Labute approximate surface area is 83.1 Å². The molecule has 0 aliphatic carbocycles. The smallest absolute Gasteiger partial charge is 0.272 e. The molecule has 5 heteroatoms. The molecule has 0 aliphatic rings. The standard InChI is InChI=1S/C8H8BrF2NO/c1-5-2-6(9)8(12-3-5)13-4-7(10)11/h2-3,7H,4H2,1H3. The van der Waals surface area contributed by atoms with Crippen LogP contribution in [0.15, 0.2) is 16.7 Å². The van der Waals surface area contributed by atoms with Gasteiger partial charge in [-0.3, -0.25) is 0 Å². The largest absolute Gasteiger partial charge is 0.471 e. The first-order valence-corrected chi connectivity index (χ1v) is 4.42. The molecule has 0 spiro atoms. The zero-order chi connectivity index (χ0) is 9.84. The van der Waals surface area contributed by atoms with Crippen molar-refractivity contribution < 1.29 is 13.5 Å². The van der Waals surface area contributed by atoms with Crippen LogP contribution in [0.5, 0.6) is 5.88 Å². The zero-order valence-corrected chi connectivity index (χ0v) is 8.51. The van der Waals surface area contributed by atoms with E-state index in [9.17, 15) is 8.78 Å². The molecule has 0 aliphatic heterocycles. The molecule has 1 aromatic rings. The lowest BCUT2D eigenvalue weighted by molar-refractivity contribution is 0.0792. The second kappa shape index (κ2) is 4.50. The number of halogens is 3. The first kappa shape index (κ1) is 10.4. The highest BCUT2D eigenvalue weighted by Crippen LogP contribution is 2.22. The Morgan fingerprint density at radius 2 is 2.31 bits per heavy atom. The summed E-state index contributed by atoms with van der Waals surface area (Å²) >= 11 is 3.16. The third-order valence-electron chi connectivity index (χ3n) is 1.29. The Morgan fingerprint density at radius 3 is 2.85 bits per heavy atom. The predicted octanol–water partition coefficient (Wildman–Crippen LogP) is 2.80. The molecule has 0 fully saturated rings. The summed E-state index contributed by atoms with van der Waals surface area (Å²) < 4.78 is 28.9.